The number of benzene rings is 1. The normalized spacial score (nSPS) is 19.7. The third-order valence-electron chi connectivity index (χ3n) is 2.85. The van der Waals surface area contributed by atoms with Gasteiger partial charge >= 0.3 is 5.97 Å². The highest BCUT2D eigenvalue weighted by atomic mass is 35.5. The number of carboxylic acids is 1. The van der Waals surface area contributed by atoms with Crippen LogP contribution in [0.5, 0.6) is 0 Å². The van der Waals surface area contributed by atoms with E-state index in [1.807, 2.05) is 0 Å². The number of carbonyl (C=O) groups is 1. The van der Waals surface area contributed by atoms with E-state index in [0.29, 0.717) is 18.4 Å². The second kappa shape index (κ2) is 3.81. The van der Waals surface area contributed by atoms with Gasteiger partial charge in [0.1, 0.15) is 5.82 Å². The van der Waals surface area contributed by atoms with E-state index in [9.17, 15) is 9.18 Å². The molecule has 0 amide bonds. The SMILES string of the molecule is O=C(O)C1CCc2ccc(Cl)c(F)c2C1. The van der Waals surface area contributed by atoms with E-state index in [1.165, 1.54) is 6.07 Å². The molecule has 0 fully saturated rings. The molecular weight excluding hydrogens is 219 g/mol. The van der Waals surface area contributed by atoms with Crippen molar-refractivity contribution in [3.63, 3.8) is 0 Å². The standard InChI is InChI=1S/C11H10ClFO2/c12-9-4-3-6-1-2-7(11(14)15)5-8(6)10(9)13/h3-4,7H,1-2,5H2,(H,14,15). The molecule has 2 nitrogen and oxygen atoms in total. The summed E-state index contributed by atoms with van der Waals surface area (Å²) in [4.78, 5) is 10.8. The minimum Gasteiger partial charge on any atom is -0.481 e. The molecule has 1 unspecified atom stereocenters. The van der Waals surface area contributed by atoms with Gasteiger partial charge in [0.2, 0.25) is 0 Å². The highest BCUT2D eigenvalue weighted by Crippen LogP contribution is 2.30. The topological polar surface area (TPSA) is 37.3 Å². The summed E-state index contributed by atoms with van der Waals surface area (Å²) in [6.45, 7) is 0. The zero-order valence-electron chi connectivity index (χ0n) is 7.96. The number of carboxylic acid groups (broad SMARTS) is 1. The van der Waals surface area contributed by atoms with Crippen molar-refractivity contribution in [2.75, 3.05) is 0 Å². The summed E-state index contributed by atoms with van der Waals surface area (Å²) in [6.07, 6.45) is 1.43. The number of halogens is 2. The zero-order chi connectivity index (χ0) is 11.0. The Bertz CT molecular complexity index is 417. The summed E-state index contributed by atoms with van der Waals surface area (Å²) in [5.41, 5.74) is 1.36. The predicted molar refractivity (Wildman–Crippen MR) is 54.6 cm³/mol. The van der Waals surface area contributed by atoms with Crippen LogP contribution in [-0.4, -0.2) is 11.1 Å². The first-order chi connectivity index (χ1) is 7.09. The van der Waals surface area contributed by atoms with Crippen LogP contribution >= 0.6 is 11.6 Å². The zero-order valence-corrected chi connectivity index (χ0v) is 8.72. The number of hydrogen-bond acceptors (Lipinski definition) is 1. The Hall–Kier alpha value is -1.09. The first-order valence-electron chi connectivity index (χ1n) is 4.78. The van der Waals surface area contributed by atoms with Crippen molar-refractivity contribution in [2.24, 2.45) is 5.92 Å². The Kier molecular flexibility index (Phi) is 2.65. The average molecular weight is 229 g/mol. The summed E-state index contributed by atoms with van der Waals surface area (Å²) in [6, 6.07) is 3.30. The van der Waals surface area contributed by atoms with Crippen molar-refractivity contribution in [2.45, 2.75) is 19.3 Å². The van der Waals surface area contributed by atoms with Crippen molar-refractivity contribution >= 4 is 17.6 Å². The summed E-state index contributed by atoms with van der Waals surface area (Å²) < 4.78 is 13.6. The number of hydrogen-bond donors (Lipinski definition) is 1. The maximum atomic E-state index is 13.6. The van der Waals surface area contributed by atoms with Gasteiger partial charge < -0.3 is 5.11 Å². The fraction of sp³-hybridized carbons (Fsp3) is 0.364. The summed E-state index contributed by atoms with van der Waals surface area (Å²) in [5, 5.41) is 8.94. The fourth-order valence-corrected chi connectivity index (χ4v) is 2.15. The van der Waals surface area contributed by atoms with Crippen LogP contribution in [0.25, 0.3) is 0 Å². The van der Waals surface area contributed by atoms with Crippen molar-refractivity contribution in [3.8, 4) is 0 Å². The fourth-order valence-electron chi connectivity index (χ4n) is 1.98. The minimum atomic E-state index is -0.861. The van der Waals surface area contributed by atoms with E-state index in [-0.39, 0.29) is 11.4 Å². The monoisotopic (exact) mass is 228 g/mol. The van der Waals surface area contributed by atoms with Gasteiger partial charge in [-0.3, -0.25) is 4.79 Å². The van der Waals surface area contributed by atoms with Gasteiger partial charge in [0.15, 0.2) is 0 Å². The van der Waals surface area contributed by atoms with Crippen molar-refractivity contribution in [1.82, 2.24) is 0 Å². The van der Waals surface area contributed by atoms with Gasteiger partial charge in [0.05, 0.1) is 10.9 Å². The van der Waals surface area contributed by atoms with Crippen LogP contribution in [0.2, 0.25) is 5.02 Å². The minimum absolute atomic E-state index is 0.0692. The van der Waals surface area contributed by atoms with E-state index in [1.54, 1.807) is 6.07 Å². The van der Waals surface area contributed by atoms with E-state index in [2.05, 4.69) is 0 Å². The smallest absolute Gasteiger partial charge is 0.306 e. The number of fused-ring (bicyclic) bond motifs is 1. The second-order valence-corrected chi connectivity index (χ2v) is 4.18. The quantitative estimate of drug-likeness (QED) is 0.803. The van der Waals surface area contributed by atoms with E-state index < -0.39 is 17.7 Å². The van der Waals surface area contributed by atoms with Crippen LogP contribution in [0.4, 0.5) is 4.39 Å². The molecule has 4 heteroatoms. The molecule has 0 bridgehead atoms. The molecular formula is C11H10ClFO2. The molecule has 0 aliphatic heterocycles. The van der Waals surface area contributed by atoms with Gasteiger partial charge in [-0.2, -0.15) is 0 Å². The Morgan fingerprint density at radius 2 is 2.27 bits per heavy atom. The van der Waals surface area contributed by atoms with Crippen molar-refractivity contribution in [3.05, 3.63) is 34.1 Å². The predicted octanol–water partition coefficient (Wildman–Crippen LogP) is 2.67. The second-order valence-electron chi connectivity index (χ2n) is 3.78. The Morgan fingerprint density at radius 1 is 1.53 bits per heavy atom. The average Bonchev–Trinajstić information content (AvgIpc) is 2.23. The maximum absolute atomic E-state index is 13.6. The molecule has 2 rings (SSSR count). The van der Waals surface area contributed by atoms with Crippen LogP contribution in [-0.2, 0) is 17.6 Å². The first-order valence-corrected chi connectivity index (χ1v) is 5.16. The lowest BCUT2D eigenvalue weighted by molar-refractivity contribution is -0.142. The molecule has 0 saturated carbocycles. The van der Waals surface area contributed by atoms with Crippen molar-refractivity contribution in [1.29, 1.82) is 0 Å². The van der Waals surface area contributed by atoms with E-state index >= 15 is 0 Å². The number of rotatable bonds is 1. The summed E-state index contributed by atoms with van der Waals surface area (Å²) in [7, 11) is 0. The van der Waals surface area contributed by atoms with Crippen LogP contribution in [0.3, 0.4) is 0 Å². The number of aliphatic carboxylic acids is 1. The molecule has 1 N–H and O–H groups in total. The van der Waals surface area contributed by atoms with Gasteiger partial charge in [0.25, 0.3) is 0 Å². The van der Waals surface area contributed by atoms with Crippen molar-refractivity contribution < 1.29 is 14.3 Å². The number of aryl methyl sites for hydroxylation is 1. The lowest BCUT2D eigenvalue weighted by Crippen LogP contribution is -2.23. The molecule has 80 valence electrons. The molecule has 0 aromatic heterocycles. The van der Waals surface area contributed by atoms with Crippen LogP contribution in [0.1, 0.15) is 17.5 Å². The molecule has 15 heavy (non-hydrogen) atoms. The van der Waals surface area contributed by atoms with Crippen LogP contribution in [0, 0.1) is 11.7 Å². The molecule has 0 radical (unpaired) electrons. The third-order valence-corrected chi connectivity index (χ3v) is 3.15. The molecule has 1 aromatic carbocycles. The largest absolute Gasteiger partial charge is 0.481 e. The van der Waals surface area contributed by atoms with Gasteiger partial charge in [-0.25, -0.2) is 4.39 Å². The lowest BCUT2D eigenvalue weighted by Gasteiger charge is -2.22. The Morgan fingerprint density at radius 3 is 2.93 bits per heavy atom. The molecule has 0 saturated heterocycles. The first kappa shape index (κ1) is 10.4. The summed E-state index contributed by atoms with van der Waals surface area (Å²) >= 11 is 5.65. The molecule has 1 aromatic rings. The van der Waals surface area contributed by atoms with E-state index in [4.69, 9.17) is 16.7 Å². The maximum Gasteiger partial charge on any atom is 0.306 e. The molecule has 0 spiro atoms. The molecule has 1 aliphatic carbocycles. The Balaban J connectivity index is 2.39. The molecule has 1 aliphatic rings. The van der Waals surface area contributed by atoms with Gasteiger partial charge in [-0.05, 0) is 36.5 Å². The lowest BCUT2D eigenvalue weighted by atomic mass is 9.84. The van der Waals surface area contributed by atoms with Gasteiger partial charge in [0, 0.05) is 0 Å². The highest BCUT2D eigenvalue weighted by molar-refractivity contribution is 6.30. The van der Waals surface area contributed by atoms with E-state index in [0.717, 1.165) is 5.56 Å². The van der Waals surface area contributed by atoms with Crippen LogP contribution in [0.15, 0.2) is 12.1 Å². The molecule has 1 atom stereocenters. The van der Waals surface area contributed by atoms with Crippen LogP contribution < -0.4 is 0 Å². The summed E-state index contributed by atoms with van der Waals surface area (Å²) in [5.74, 6) is -1.80. The highest BCUT2D eigenvalue weighted by Gasteiger charge is 2.26. The third kappa shape index (κ3) is 1.84. The van der Waals surface area contributed by atoms with Gasteiger partial charge in [-0.1, -0.05) is 17.7 Å². The molecule has 0 heterocycles. The van der Waals surface area contributed by atoms with Gasteiger partial charge in [-0.15, -0.1) is 0 Å². The Labute approximate surface area is 91.7 Å².